The Morgan fingerprint density at radius 3 is 2.91 bits per heavy atom. The Morgan fingerprint density at radius 2 is 2.26 bits per heavy atom. The number of carbonyl (C=O) groups excluding carboxylic acids is 1. The van der Waals surface area contributed by atoms with Crippen molar-refractivity contribution in [3.8, 4) is 5.88 Å². The van der Waals surface area contributed by atoms with Crippen LogP contribution < -0.4 is 15.4 Å². The van der Waals surface area contributed by atoms with Crippen LogP contribution in [0.2, 0.25) is 0 Å². The molecule has 0 aliphatic heterocycles. The Balaban J connectivity index is 1.98. The van der Waals surface area contributed by atoms with Crippen molar-refractivity contribution < 1.29 is 19.0 Å². The number of nitrogens with zero attached hydrogens (tertiary/aromatic N) is 2. The molecular formula is C15H19FN4O3. The van der Waals surface area contributed by atoms with E-state index in [1.54, 1.807) is 19.3 Å². The molecule has 7 nitrogen and oxygen atoms in total. The number of benzene rings is 1. The van der Waals surface area contributed by atoms with Gasteiger partial charge in [-0.05, 0) is 24.6 Å². The molecule has 1 heterocycles. The molecule has 0 spiro atoms. The molecule has 0 bridgehead atoms. The summed E-state index contributed by atoms with van der Waals surface area (Å²) in [5.41, 5.74) is -0.631. The Hall–Kier alpha value is -2.61. The highest BCUT2D eigenvalue weighted by atomic mass is 19.1. The average molecular weight is 322 g/mol. The van der Waals surface area contributed by atoms with Crippen molar-refractivity contribution in [2.24, 2.45) is 7.05 Å². The van der Waals surface area contributed by atoms with Crippen LogP contribution in [0.3, 0.4) is 0 Å². The monoisotopic (exact) mass is 322 g/mol. The van der Waals surface area contributed by atoms with Gasteiger partial charge in [-0.3, -0.25) is 4.68 Å². The molecule has 2 aromatic rings. The number of carbonyl (C=O) groups is 1. The van der Waals surface area contributed by atoms with Gasteiger partial charge in [0, 0.05) is 7.05 Å². The fraction of sp³-hybridized carbons (Fsp3) is 0.333. The predicted octanol–water partition coefficient (Wildman–Crippen LogP) is 1.60. The molecule has 1 atom stereocenters. The molecule has 23 heavy (non-hydrogen) atoms. The van der Waals surface area contributed by atoms with E-state index in [1.807, 2.05) is 0 Å². The van der Waals surface area contributed by atoms with E-state index in [9.17, 15) is 14.3 Å². The Bertz CT molecular complexity index is 700. The molecule has 3 N–H and O–H groups in total. The van der Waals surface area contributed by atoms with E-state index in [4.69, 9.17) is 4.74 Å². The van der Waals surface area contributed by atoms with E-state index in [2.05, 4.69) is 15.7 Å². The van der Waals surface area contributed by atoms with E-state index in [1.165, 1.54) is 36.9 Å². The molecule has 0 fully saturated rings. The zero-order valence-corrected chi connectivity index (χ0v) is 13.1. The molecule has 0 aliphatic rings. The second-order valence-corrected chi connectivity index (χ2v) is 5.32. The van der Waals surface area contributed by atoms with E-state index in [0.29, 0.717) is 11.3 Å². The summed E-state index contributed by atoms with van der Waals surface area (Å²) >= 11 is 0. The Labute approximate surface area is 133 Å². The number of ether oxygens (including phenoxy) is 1. The summed E-state index contributed by atoms with van der Waals surface area (Å²) in [4.78, 5) is 11.9. The molecule has 0 radical (unpaired) electrons. The first-order valence-electron chi connectivity index (χ1n) is 6.93. The molecule has 1 unspecified atom stereocenters. The Kier molecular flexibility index (Phi) is 4.85. The second-order valence-electron chi connectivity index (χ2n) is 5.32. The normalized spacial score (nSPS) is 13.3. The average Bonchev–Trinajstić information content (AvgIpc) is 2.85. The highest BCUT2D eigenvalue weighted by Crippen LogP contribution is 2.22. The Morgan fingerprint density at radius 1 is 1.52 bits per heavy atom. The molecule has 0 saturated carbocycles. The van der Waals surface area contributed by atoms with Crippen molar-refractivity contribution in [2.45, 2.75) is 12.5 Å². The summed E-state index contributed by atoms with van der Waals surface area (Å²) in [6.07, 6.45) is 1.59. The molecule has 0 aliphatic carbocycles. The maximum absolute atomic E-state index is 13.2. The summed E-state index contributed by atoms with van der Waals surface area (Å²) in [5.74, 6) is -0.174. The first-order valence-corrected chi connectivity index (χ1v) is 6.93. The highest BCUT2D eigenvalue weighted by Gasteiger charge is 2.24. The van der Waals surface area contributed by atoms with Crippen molar-refractivity contribution in [1.29, 1.82) is 0 Å². The number of aliphatic hydroxyl groups is 1. The third kappa shape index (κ3) is 4.19. The maximum Gasteiger partial charge on any atom is 0.319 e. The number of halogens is 1. The summed E-state index contributed by atoms with van der Waals surface area (Å²) in [5, 5.41) is 19.5. The van der Waals surface area contributed by atoms with Crippen LogP contribution >= 0.6 is 0 Å². The summed E-state index contributed by atoms with van der Waals surface area (Å²) < 4.78 is 19.8. The number of aromatic nitrogens is 2. The lowest BCUT2D eigenvalue weighted by atomic mass is 9.96. The SMILES string of the molecule is COc1nn(C)cc1NC(=O)NCC(C)(O)c1cccc(F)c1. The van der Waals surface area contributed by atoms with Gasteiger partial charge < -0.3 is 20.5 Å². The van der Waals surface area contributed by atoms with Gasteiger partial charge in [-0.1, -0.05) is 12.1 Å². The lowest BCUT2D eigenvalue weighted by Gasteiger charge is -2.24. The van der Waals surface area contributed by atoms with Crippen LogP contribution in [-0.4, -0.2) is 34.6 Å². The lowest BCUT2D eigenvalue weighted by Crippen LogP contribution is -2.40. The van der Waals surface area contributed by atoms with Crippen LogP contribution in [0.5, 0.6) is 5.88 Å². The number of hydrogen-bond donors (Lipinski definition) is 3. The fourth-order valence-corrected chi connectivity index (χ4v) is 2.05. The minimum Gasteiger partial charge on any atom is -0.478 e. The summed E-state index contributed by atoms with van der Waals surface area (Å²) in [6, 6.07) is 5.07. The molecular weight excluding hydrogens is 303 g/mol. The van der Waals surface area contributed by atoms with Gasteiger partial charge in [0.05, 0.1) is 19.9 Å². The number of nitrogens with one attached hydrogen (secondary N) is 2. The maximum atomic E-state index is 13.2. The zero-order valence-electron chi connectivity index (χ0n) is 13.1. The van der Waals surface area contributed by atoms with E-state index >= 15 is 0 Å². The predicted molar refractivity (Wildman–Crippen MR) is 82.8 cm³/mol. The van der Waals surface area contributed by atoms with Crippen LogP contribution in [0.15, 0.2) is 30.5 Å². The number of amides is 2. The number of urea groups is 1. The van der Waals surface area contributed by atoms with Gasteiger partial charge in [0.2, 0.25) is 0 Å². The van der Waals surface area contributed by atoms with Gasteiger partial charge in [0.25, 0.3) is 5.88 Å². The first kappa shape index (κ1) is 16.8. The van der Waals surface area contributed by atoms with E-state index in [0.717, 1.165) is 0 Å². The molecule has 1 aromatic carbocycles. The largest absolute Gasteiger partial charge is 0.478 e. The van der Waals surface area contributed by atoms with Crippen molar-refractivity contribution in [3.63, 3.8) is 0 Å². The van der Waals surface area contributed by atoms with Gasteiger partial charge in [0.15, 0.2) is 0 Å². The van der Waals surface area contributed by atoms with Crippen molar-refractivity contribution in [3.05, 3.63) is 41.8 Å². The topological polar surface area (TPSA) is 88.4 Å². The van der Waals surface area contributed by atoms with Crippen LogP contribution in [0, 0.1) is 5.82 Å². The van der Waals surface area contributed by atoms with Crippen LogP contribution in [-0.2, 0) is 12.6 Å². The second kappa shape index (κ2) is 6.66. The van der Waals surface area contributed by atoms with Gasteiger partial charge in [-0.2, -0.15) is 0 Å². The van der Waals surface area contributed by atoms with Crippen molar-refractivity contribution >= 4 is 11.7 Å². The molecule has 1 aromatic heterocycles. The number of rotatable bonds is 5. The third-order valence-electron chi connectivity index (χ3n) is 3.28. The van der Waals surface area contributed by atoms with Gasteiger partial charge in [-0.25, -0.2) is 9.18 Å². The zero-order chi connectivity index (χ0) is 17.0. The van der Waals surface area contributed by atoms with Crippen LogP contribution in [0.4, 0.5) is 14.9 Å². The quantitative estimate of drug-likeness (QED) is 0.780. The minimum absolute atomic E-state index is 0.0924. The van der Waals surface area contributed by atoms with E-state index in [-0.39, 0.29) is 12.4 Å². The standard InChI is InChI=1S/C15H19FN4O3/c1-15(22,10-5-4-6-11(16)7-10)9-17-14(21)18-12-8-20(2)19-13(12)23-3/h4-8,22H,9H2,1-3H3,(H2,17,18,21). The molecule has 124 valence electrons. The van der Waals surface area contributed by atoms with Gasteiger partial charge >= 0.3 is 6.03 Å². The van der Waals surface area contributed by atoms with E-state index < -0.39 is 17.4 Å². The van der Waals surface area contributed by atoms with Crippen LogP contribution in [0.25, 0.3) is 0 Å². The minimum atomic E-state index is -1.40. The fourth-order valence-electron chi connectivity index (χ4n) is 2.05. The third-order valence-corrected chi connectivity index (χ3v) is 3.28. The molecule has 0 saturated heterocycles. The van der Waals surface area contributed by atoms with Crippen molar-refractivity contribution in [2.75, 3.05) is 19.0 Å². The molecule has 2 amide bonds. The lowest BCUT2D eigenvalue weighted by molar-refractivity contribution is 0.0596. The van der Waals surface area contributed by atoms with Crippen LogP contribution in [0.1, 0.15) is 12.5 Å². The highest BCUT2D eigenvalue weighted by molar-refractivity contribution is 5.90. The number of aryl methyl sites for hydroxylation is 1. The summed E-state index contributed by atoms with van der Waals surface area (Å²) in [7, 11) is 3.14. The number of anilines is 1. The van der Waals surface area contributed by atoms with Gasteiger partial charge in [-0.15, -0.1) is 5.10 Å². The smallest absolute Gasteiger partial charge is 0.319 e. The van der Waals surface area contributed by atoms with Gasteiger partial charge in [0.1, 0.15) is 17.1 Å². The number of hydrogen-bond acceptors (Lipinski definition) is 4. The van der Waals surface area contributed by atoms with Crippen molar-refractivity contribution in [1.82, 2.24) is 15.1 Å². The first-order chi connectivity index (χ1) is 10.8. The summed E-state index contributed by atoms with van der Waals surface area (Å²) in [6.45, 7) is 1.40. The number of methoxy groups -OCH3 is 1. The molecule has 2 rings (SSSR count). The molecule has 8 heteroatoms.